The number of rotatable bonds is 3. The van der Waals surface area contributed by atoms with E-state index in [2.05, 4.69) is 4.74 Å². The molecule has 106 valence electrons. The normalized spacial score (nSPS) is 13.1. The second-order valence-electron chi connectivity index (χ2n) is 4.12. The maximum atomic E-state index is 12.4. The van der Waals surface area contributed by atoms with Gasteiger partial charge in [-0.1, -0.05) is 41.9 Å². The first-order valence-corrected chi connectivity index (χ1v) is 6.10. The van der Waals surface area contributed by atoms with E-state index < -0.39 is 12.4 Å². The lowest BCUT2D eigenvalue weighted by Gasteiger charge is -2.18. The fourth-order valence-corrected chi connectivity index (χ4v) is 2.03. The van der Waals surface area contributed by atoms with Gasteiger partial charge in [0.1, 0.15) is 5.75 Å². The zero-order valence-corrected chi connectivity index (χ0v) is 10.9. The predicted molar refractivity (Wildman–Crippen MR) is 70.6 cm³/mol. The van der Waals surface area contributed by atoms with E-state index in [1.54, 1.807) is 30.3 Å². The van der Waals surface area contributed by atoms with Gasteiger partial charge in [0.05, 0.1) is 6.04 Å². The van der Waals surface area contributed by atoms with Crippen molar-refractivity contribution in [3.63, 3.8) is 0 Å². The van der Waals surface area contributed by atoms with Gasteiger partial charge in [0.25, 0.3) is 0 Å². The number of hydrogen-bond donors (Lipinski definition) is 1. The van der Waals surface area contributed by atoms with Crippen LogP contribution in [-0.4, -0.2) is 6.36 Å². The standard InChI is InChI=1S/C14H11ClF3NO/c15-10-5-3-4-9(8-10)13(19)11-6-1-2-7-12(11)20-14(16,17)18/h1-8,13H,19H2. The molecule has 1 atom stereocenters. The van der Waals surface area contributed by atoms with Crippen molar-refractivity contribution in [2.75, 3.05) is 0 Å². The Labute approximate surface area is 118 Å². The van der Waals surface area contributed by atoms with Gasteiger partial charge in [0.2, 0.25) is 0 Å². The molecule has 0 bridgehead atoms. The molecule has 6 heteroatoms. The van der Waals surface area contributed by atoms with Crippen molar-refractivity contribution in [1.29, 1.82) is 0 Å². The van der Waals surface area contributed by atoms with Crippen LogP contribution in [0.2, 0.25) is 5.02 Å². The van der Waals surface area contributed by atoms with E-state index in [-0.39, 0.29) is 11.3 Å². The summed E-state index contributed by atoms with van der Waals surface area (Å²) < 4.78 is 41.1. The van der Waals surface area contributed by atoms with Gasteiger partial charge in [-0.25, -0.2) is 0 Å². The van der Waals surface area contributed by atoms with E-state index in [9.17, 15) is 13.2 Å². The Balaban J connectivity index is 2.37. The highest BCUT2D eigenvalue weighted by atomic mass is 35.5. The molecule has 0 aromatic heterocycles. The van der Waals surface area contributed by atoms with Crippen LogP contribution < -0.4 is 10.5 Å². The number of benzene rings is 2. The quantitative estimate of drug-likeness (QED) is 0.918. The number of halogens is 4. The first-order valence-electron chi connectivity index (χ1n) is 5.72. The van der Waals surface area contributed by atoms with Crippen LogP contribution in [0.1, 0.15) is 17.2 Å². The average Bonchev–Trinajstić information content (AvgIpc) is 2.37. The second kappa shape index (κ2) is 5.73. The largest absolute Gasteiger partial charge is 0.573 e. The summed E-state index contributed by atoms with van der Waals surface area (Å²) in [5, 5.41) is 0.465. The Kier molecular flexibility index (Phi) is 4.20. The van der Waals surface area contributed by atoms with E-state index in [1.807, 2.05) is 0 Å². The van der Waals surface area contributed by atoms with Gasteiger partial charge in [0, 0.05) is 10.6 Å². The minimum atomic E-state index is -4.76. The molecular formula is C14H11ClF3NO. The maximum Gasteiger partial charge on any atom is 0.573 e. The third-order valence-electron chi connectivity index (χ3n) is 2.69. The second-order valence-corrected chi connectivity index (χ2v) is 4.55. The highest BCUT2D eigenvalue weighted by Gasteiger charge is 2.32. The van der Waals surface area contributed by atoms with E-state index in [0.29, 0.717) is 10.6 Å². The van der Waals surface area contributed by atoms with E-state index in [1.165, 1.54) is 18.2 Å². The van der Waals surface area contributed by atoms with Crippen LogP contribution in [0.4, 0.5) is 13.2 Å². The highest BCUT2D eigenvalue weighted by Crippen LogP contribution is 2.32. The molecule has 0 saturated heterocycles. The lowest BCUT2D eigenvalue weighted by molar-refractivity contribution is -0.274. The van der Waals surface area contributed by atoms with Crippen molar-refractivity contribution in [2.24, 2.45) is 5.73 Å². The molecule has 2 nitrogen and oxygen atoms in total. The molecule has 0 saturated carbocycles. The van der Waals surface area contributed by atoms with Crippen molar-refractivity contribution in [2.45, 2.75) is 12.4 Å². The van der Waals surface area contributed by atoms with Gasteiger partial charge in [-0.05, 0) is 23.8 Å². The first-order chi connectivity index (χ1) is 9.37. The first kappa shape index (κ1) is 14.7. The SMILES string of the molecule is NC(c1cccc(Cl)c1)c1ccccc1OC(F)(F)F. The smallest absolute Gasteiger partial charge is 0.405 e. The molecule has 0 amide bonds. The van der Waals surface area contributed by atoms with Crippen molar-refractivity contribution in [3.8, 4) is 5.75 Å². The molecular weight excluding hydrogens is 291 g/mol. The molecule has 0 aliphatic carbocycles. The third kappa shape index (κ3) is 3.65. The fraction of sp³-hybridized carbons (Fsp3) is 0.143. The van der Waals surface area contributed by atoms with Crippen molar-refractivity contribution < 1.29 is 17.9 Å². The Morgan fingerprint density at radius 1 is 1.05 bits per heavy atom. The Hall–Kier alpha value is -1.72. The van der Waals surface area contributed by atoms with E-state index in [0.717, 1.165) is 0 Å². The topological polar surface area (TPSA) is 35.2 Å². The minimum absolute atomic E-state index is 0.243. The van der Waals surface area contributed by atoms with Crippen LogP contribution in [0, 0.1) is 0 Å². The summed E-state index contributed by atoms with van der Waals surface area (Å²) in [6.07, 6.45) is -4.76. The molecule has 0 aliphatic rings. The molecule has 0 aliphatic heterocycles. The summed E-state index contributed by atoms with van der Waals surface area (Å²) in [6, 6.07) is 11.7. The zero-order valence-electron chi connectivity index (χ0n) is 10.2. The van der Waals surface area contributed by atoms with Crippen LogP contribution in [-0.2, 0) is 0 Å². The molecule has 0 fully saturated rings. The number of para-hydroxylation sites is 1. The molecule has 0 spiro atoms. The van der Waals surface area contributed by atoms with Crippen LogP contribution in [0.25, 0.3) is 0 Å². The molecule has 1 unspecified atom stereocenters. The lowest BCUT2D eigenvalue weighted by atomic mass is 9.99. The molecule has 20 heavy (non-hydrogen) atoms. The van der Waals surface area contributed by atoms with Crippen LogP contribution in [0.15, 0.2) is 48.5 Å². The van der Waals surface area contributed by atoms with Crippen molar-refractivity contribution in [1.82, 2.24) is 0 Å². The van der Waals surface area contributed by atoms with Gasteiger partial charge in [-0.2, -0.15) is 0 Å². The number of ether oxygens (including phenoxy) is 1. The van der Waals surface area contributed by atoms with Crippen LogP contribution in [0.5, 0.6) is 5.75 Å². The van der Waals surface area contributed by atoms with Gasteiger partial charge < -0.3 is 10.5 Å². The monoisotopic (exact) mass is 301 g/mol. The van der Waals surface area contributed by atoms with Crippen LogP contribution >= 0.6 is 11.6 Å². The summed E-state index contributed by atoms with van der Waals surface area (Å²) >= 11 is 5.86. The Morgan fingerprint density at radius 2 is 1.75 bits per heavy atom. The summed E-state index contributed by atoms with van der Waals surface area (Å²) in [4.78, 5) is 0. The molecule has 2 N–H and O–H groups in total. The van der Waals surface area contributed by atoms with Gasteiger partial charge in [0.15, 0.2) is 0 Å². The molecule has 2 aromatic carbocycles. The number of nitrogens with two attached hydrogens (primary N) is 1. The number of hydrogen-bond acceptors (Lipinski definition) is 2. The van der Waals surface area contributed by atoms with Crippen molar-refractivity contribution in [3.05, 3.63) is 64.7 Å². The fourth-order valence-electron chi connectivity index (χ4n) is 1.83. The predicted octanol–water partition coefficient (Wildman–Crippen LogP) is 4.29. The van der Waals surface area contributed by atoms with Crippen molar-refractivity contribution >= 4 is 11.6 Å². The summed E-state index contributed by atoms with van der Waals surface area (Å²) in [7, 11) is 0. The Morgan fingerprint density at radius 3 is 2.40 bits per heavy atom. The summed E-state index contributed by atoms with van der Waals surface area (Å²) in [5.41, 5.74) is 6.85. The highest BCUT2D eigenvalue weighted by molar-refractivity contribution is 6.30. The Bertz CT molecular complexity index is 601. The average molecular weight is 302 g/mol. The lowest BCUT2D eigenvalue weighted by Crippen LogP contribution is -2.20. The minimum Gasteiger partial charge on any atom is -0.405 e. The summed E-state index contributed by atoms with van der Waals surface area (Å²) in [6.45, 7) is 0. The van der Waals surface area contributed by atoms with E-state index in [4.69, 9.17) is 17.3 Å². The van der Waals surface area contributed by atoms with Crippen LogP contribution in [0.3, 0.4) is 0 Å². The molecule has 0 radical (unpaired) electrons. The van der Waals surface area contributed by atoms with E-state index >= 15 is 0 Å². The molecule has 2 aromatic rings. The zero-order chi connectivity index (χ0) is 14.8. The molecule has 0 heterocycles. The summed E-state index contributed by atoms with van der Waals surface area (Å²) in [5.74, 6) is -0.313. The molecule has 2 rings (SSSR count). The maximum absolute atomic E-state index is 12.4. The number of alkyl halides is 3. The van der Waals surface area contributed by atoms with Gasteiger partial charge >= 0.3 is 6.36 Å². The van der Waals surface area contributed by atoms with Gasteiger partial charge in [-0.3, -0.25) is 0 Å². The third-order valence-corrected chi connectivity index (χ3v) is 2.92. The van der Waals surface area contributed by atoms with Gasteiger partial charge in [-0.15, -0.1) is 13.2 Å².